The Morgan fingerprint density at radius 1 is 1.08 bits per heavy atom. The quantitative estimate of drug-likeness (QED) is 0.778. The summed E-state index contributed by atoms with van der Waals surface area (Å²) in [6, 6.07) is 11.9. The third kappa shape index (κ3) is 5.52. The first-order valence-electron chi connectivity index (χ1n) is 8.58. The maximum Gasteiger partial charge on any atom is 0.260 e. The topological polar surface area (TPSA) is 47.6 Å². The molecule has 2 aromatic carbocycles. The van der Waals surface area contributed by atoms with E-state index >= 15 is 0 Å². The molecule has 0 saturated heterocycles. The monoisotopic (exact) mass is 341 g/mol. The van der Waals surface area contributed by atoms with Gasteiger partial charge in [-0.15, -0.1) is 0 Å². The highest BCUT2D eigenvalue weighted by atomic mass is 16.5. The molecule has 1 N–H and O–H groups in total. The van der Waals surface area contributed by atoms with Gasteiger partial charge in [0, 0.05) is 0 Å². The summed E-state index contributed by atoms with van der Waals surface area (Å²) < 4.78 is 11.5. The van der Waals surface area contributed by atoms with Crippen molar-refractivity contribution in [2.24, 2.45) is 0 Å². The third-order valence-electron chi connectivity index (χ3n) is 4.09. The Bertz CT molecular complexity index is 720. The van der Waals surface area contributed by atoms with E-state index in [0.29, 0.717) is 18.9 Å². The molecule has 0 radical (unpaired) electrons. The molecule has 25 heavy (non-hydrogen) atoms. The molecule has 0 aliphatic carbocycles. The minimum Gasteiger partial charge on any atom is -0.491 e. The fourth-order valence-corrected chi connectivity index (χ4v) is 2.62. The van der Waals surface area contributed by atoms with Crippen molar-refractivity contribution in [1.29, 1.82) is 0 Å². The average Bonchev–Trinajstić information content (AvgIpc) is 2.54. The molecule has 2 aromatic rings. The van der Waals surface area contributed by atoms with Crippen LogP contribution in [0.4, 0.5) is 0 Å². The van der Waals surface area contributed by atoms with E-state index in [9.17, 15) is 4.79 Å². The lowest BCUT2D eigenvalue weighted by molar-refractivity contribution is -0.127. The van der Waals surface area contributed by atoms with Crippen LogP contribution in [-0.4, -0.2) is 25.2 Å². The van der Waals surface area contributed by atoms with Crippen LogP contribution in [-0.2, 0) is 4.79 Å². The van der Waals surface area contributed by atoms with Crippen LogP contribution >= 0.6 is 0 Å². The van der Waals surface area contributed by atoms with E-state index in [-0.39, 0.29) is 5.91 Å². The zero-order valence-corrected chi connectivity index (χ0v) is 15.7. The Balaban J connectivity index is 1.78. The van der Waals surface area contributed by atoms with E-state index < -0.39 is 6.10 Å². The molecule has 1 atom stereocenters. The number of benzene rings is 2. The Morgan fingerprint density at radius 3 is 2.44 bits per heavy atom. The molecule has 134 valence electrons. The Labute approximate surface area is 150 Å². The molecule has 0 unspecified atom stereocenters. The first kappa shape index (κ1) is 18.8. The predicted octanol–water partition coefficient (Wildman–Crippen LogP) is 3.88. The molecule has 0 aliphatic rings. The first-order chi connectivity index (χ1) is 11.9. The minimum absolute atomic E-state index is 0.149. The van der Waals surface area contributed by atoms with Crippen LogP contribution < -0.4 is 14.8 Å². The van der Waals surface area contributed by atoms with Crippen LogP contribution in [0.1, 0.15) is 29.2 Å². The van der Waals surface area contributed by atoms with Crippen molar-refractivity contribution in [3.8, 4) is 11.5 Å². The summed E-state index contributed by atoms with van der Waals surface area (Å²) in [5, 5.41) is 2.85. The molecule has 0 aromatic heterocycles. The smallest absolute Gasteiger partial charge is 0.260 e. The second-order valence-corrected chi connectivity index (χ2v) is 6.42. The summed E-state index contributed by atoms with van der Waals surface area (Å²) in [4.78, 5) is 12.2. The van der Waals surface area contributed by atoms with Crippen molar-refractivity contribution in [2.75, 3.05) is 13.2 Å². The lowest BCUT2D eigenvalue weighted by Crippen LogP contribution is -2.38. The summed E-state index contributed by atoms with van der Waals surface area (Å²) in [6.07, 6.45) is -0.554. The van der Waals surface area contributed by atoms with E-state index in [2.05, 4.69) is 24.4 Å². The Morgan fingerprint density at radius 2 is 1.76 bits per heavy atom. The van der Waals surface area contributed by atoms with Gasteiger partial charge in [-0.05, 0) is 75.1 Å². The standard InChI is InChI=1S/C21H27NO3/c1-14-11-15(2)13-19(12-14)25-18(5)21(23)22-9-10-24-20-8-6-7-16(3)17(20)4/h6-8,11-13,18H,9-10H2,1-5H3,(H,22,23)/t18-/m1/s1. The summed E-state index contributed by atoms with van der Waals surface area (Å²) in [5.74, 6) is 1.42. The van der Waals surface area contributed by atoms with Gasteiger partial charge in [0.1, 0.15) is 18.1 Å². The number of hydrogen-bond donors (Lipinski definition) is 1. The molecule has 0 aliphatic heterocycles. The van der Waals surface area contributed by atoms with E-state index in [4.69, 9.17) is 9.47 Å². The van der Waals surface area contributed by atoms with Gasteiger partial charge in [0.15, 0.2) is 6.10 Å². The molecular formula is C21H27NO3. The van der Waals surface area contributed by atoms with Crippen LogP contribution in [0.3, 0.4) is 0 Å². The van der Waals surface area contributed by atoms with E-state index in [0.717, 1.165) is 22.4 Å². The first-order valence-corrected chi connectivity index (χ1v) is 8.58. The maximum absolute atomic E-state index is 12.2. The fraction of sp³-hybridized carbons (Fsp3) is 0.381. The van der Waals surface area contributed by atoms with Crippen molar-refractivity contribution in [3.05, 3.63) is 58.7 Å². The minimum atomic E-state index is -0.554. The normalized spacial score (nSPS) is 11.7. The van der Waals surface area contributed by atoms with Gasteiger partial charge < -0.3 is 14.8 Å². The van der Waals surface area contributed by atoms with Crippen molar-refractivity contribution in [3.63, 3.8) is 0 Å². The summed E-state index contributed by atoms with van der Waals surface area (Å²) in [7, 11) is 0. The lowest BCUT2D eigenvalue weighted by atomic mass is 10.1. The molecule has 4 nitrogen and oxygen atoms in total. The average molecular weight is 341 g/mol. The van der Waals surface area contributed by atoms with Crippen LogP contribution in [0.25, 0.3) is 0 Å². The van der Waals surface area contributed by atoms with Crippen molar-refractivity contribution < 1.29 is 14.3 Å². The number of aryl methyl sites for hydroxylation is 3. The highest BCUT2D eigenvalue weighted by molar-refractivity contribution is 5.80. The molecule has 4 heteroatoms. The van der Waals surface area contributed by atoms with Crippen molar-refractivity contribution >= 4 is 5.91 Å². The summed E-state index contributed by atoms with van der Waals surface area (Å²) in [5.41, 5.74) is 4.55. The molecule has 1 amide bonds. The summed E-state index contributed by atoms with van der Waals surface area (Å²) >= 11 is 0. The van der Waals surface area contributed by atoms with E-state index in [1.165, 1.54) is 5.56 Å². The van der Waals surface area contributed by atoms with Crippen molar-refractivity contribution in [1.82, 2.24) is 5.32 Å². The van der Waals surface area contributed by atoms with Gasteiger partial charge in [0.05, 0.1) is 6.54 Å². The van der Waals surface area contributed by atoms with Crippen LogP contribution in [0.2, 0.25) is 0 Å². The van der Waals surface area contributed by atoms with Crippen LogP contribution in [0.15, 0.2) is 36.4 Å². The van der Waals surface area contributed by atoms with Gasteiger partial charge in [0.25, 0.3) is 5.91 Å². The molecular weight excluding hydrogens is 314 g/mol. The van der Waals surface area contributed by atoms with Gasteiger partial charge in [-0.3, -0.25) is 4.79 Å². The van der Waals surface area contributed by atoms with Crippen LogP contribution in [0, 0.1) is 27.7 Å². The highest BCUT2D eigenvalue weighted by Gasteiger charge is 2.14. The molecule has 0 heterocycles. The Hall–Kier alpha value is -2.49. The summed E-state index contributed by atoms with van der Waals surface area (Å²) in [6.45, 7) is 10.7. The molecule has 0 fully saturated rings. The zero-order valence-electron chi connectivity index (χ0n) is 15.7. The van der Waals surface area contributed by atoms with Gasteiger partial charge >= 0.3 is 0 Å². The van der Waals surface area contributed by atoms with Gasteiger partial charge in [-0.25, -0.2) is 0 Å². The number of carbonyl (C=O) groups is 1. The van der Waals surface area contributed by atoms with Crippen LogP contribution in [0.5, 0.6) is 11.5 Å². The van der Waals surface area contributed by atoms with E-state index in [1.807, 2.05) is 45.0 Å². The maximum atomic E-state index is 12.2. The number of hydrogen-bond acceptors (Lipinski definition) is 3. The third-order valence-corrected chi connectivity index (χ3v) is 4.09. The molecule has 0 bridgehead atoms. The molecule has 2 rings (SSSR count). The second kappa shape index (κ2) is 8.56. The van der Waals surface area contributed by atoms with Gasteiger partial charge in [0.2, 0.25) is 0 Å². The Kier molecular flexibility index (Phi) is 6.45. The van der Waals surface area contributed by atoms with E-state index in [1.54, 1.807) is 6.92 Å². The number of carbonyl (C=O) groups excluding carboxylic acids is 1. The number of rotatable bonds is 7. The van der Waals surface area contributed by atoms with Crippen molar-refractivity contribution in [2.45, 2.75) is 40.7 Å². The lowest BCUT2D eigenvalue weighted by Gasteiger charge is -2.16. The fourth-order valence-electron chi connectivity index (χ4n) is 2.62. The van der Waals surface area contributed by atoms with Gasteiger partial charge in [-0.2, -0.15) is 0 Å². The SMILES string of the molecule is Cc1cc(C)cc(O[C@H](C)C(=O)NCCOc2cccc(C)c2C)c1. The molecule has 0 spiro atoms. The molecule has 0 saturated carbocycles. The predicted molar refractivity (Wildman–Crippen MR) is 100 cm³/mol. The number of nitrogens with one attached hydrogen (secondary N) is 1. The largest absolute Gasteiger partial charge is 0.491 e. The highest BCUT2D eigenvalue weighted by Crippen LogP contribution is 2.20. The number of ether oxygens (including phenoxy) is 2. The van der Waals surface area contributed by atoms with Gasteiger partial charge in [-0.1, -0.05) is 18.2 Å². The second-order valence-electron chi connectivity index (χ2n) is 6.42. The zero-order chi connectivity index (χ0) is 18.4. The number of amides is 1.